The van der Waals surface area contributed by atoms with Gasteiger partial charge in [0.05, 0.1) is 27.5 Å². The van der Waals surface area contributed by atoms with E-state index in [9.17, 15) is 14.7 Å². The molecule has 0 aliphatic carbocycles. The van der Waals surface area contributed by atoms with Gasteiger partial charge < -0.3 is 24.0 Å². The van der Waals surface area contributed by atoms with Crippen LogP contribution in [0.3, 0.4) is 0 Å². The fourth-order valence-corrected chi connectivity index (χ4v) is 6.82. The number of aromatic nitrogens is 2. The summed E-state index contributed by atoms with van der Waals surface area (Å²) in [6.07, 6.45) is 3.33. The average molecular weight is 650 g/mol. The number of piperazine rings is 1. The molecule has 12 heteroatoms. The number of thiazole rings is 1. The van der Waals surface area contributed by atoms with Gasteiger partial charge in [0.1, 0.15) is 17.2 Å². The molecule has 1 saturated heterocycles. The lowest BCUT2D eigenvalue weighted by Crippen LogP contribution is -2.47. The van der Waals surface area contributed by atoms with Crippen molar-refractivity contribution in [2.45, 2.75) is 26.9 Å². The summed E-state index contributed by atoms with van der Waals surface area (Å²) in [4.78, 5) is 34.6. The molecule has 45 heavy (non-hydrogen) atoms. The van der Waals surface area contributed by atoms with Gasteiger partial charge in [-0.2, -0.15) is 0 Å². The van der Waals surface area contributed by atoms with Crippen molar-refractivity contribution in [1.29, 1.82) is 0 Å². The first-order valence-electron chi connectivity index (χ1n) is 14.6. The molecule has 3 heterocycles. The van der Waals surface area contributed by atoms with E-state index in [0.717, 1.165) is 21.3 Å². The Hall–Kier alpha value is -4.48. The monoisotopic (exact) mass is 649 g/mol. The number of aryl methyl sites for hydroxylation is 2. The second-order valence-electron chi connectivity index (χ2n) is 10.7. The Bertz CT molecular complexity index is 2050. The number of rotatable bonds is 7. The normalized spacial score (nSPS) is 14.0. The second kappa shape index (κ2) is 12.5. The summed E-state index contributed by atoms with van der Waals surface area (Å²) in [5, 5.41) is 10.1. The van der Waals surface area contributed by atoms with Crippen molar-refractivity contribution in [3.8, 4) is 10.4 Å². The van der Waals surface area contributed by atoms with Crippen LogP contribution in [0, 0.1) is 11.6 Å². The first-order valence-corrected chi connectivity index (χ1v) is 15.8. The number of carbonyl (C=O) groups is 1. The zero-order valence-corrected chi connectivity index (χ0v) is 26.2. The smallest absolute Gasteiger partial charge is 0.341 e. The van der Waals surface area contributed by atoms with E-state index in [4.69, 9.17) is 16.6 Å². The summed E-state index contributed by atoms with van der Waals surface area (Å²) in [5.41, 5.74) is 1.66. The van der Waals surface area contributed by atoms with Gasteiger partial charge in [0.2, 0.25) is 5.43 Å². The third kappa shape index (κ3) is 5.97. The zero-order valence-electron chi connectivity index (χ0n) is 24.6. The van der Waals surface area contributed by atoms with E-state index in [1.54, 1.807) is 22.8 Å². The molecule has 0 bridgehead atoms. The Morgan fingerprint density at radius 3 is 2.16 bits per heavy atom. The number of hydrogen-bond acceptors (Lipinski definition) is 6. The molecule has 2 aromatic heterocycles. The third-order valence-electron chi connectivity index (χ3n) is 8.03. The van der Waals surface area contributed by atoms with E-state index in [0.29, 0.717) is 66.9 Å². The molecular weight excluding hydrogens is 620 g/mol. The highest BCUT2D eigenvalue weighted by Gasteiger charge is 2.24. The van der Waals surface area contributed by atoms with Crippen molar-refractivity contribution in [1.82, 2.24) is 9.13 Å². The molecule has 3 aromatic carbocycles. The molecule has 1 aliphatic heterocycles. The van der Waals surface area contributed by atoms with Crippen LogP contribution in [0.2, 0.25) is 5.02 Å². The Morgan fingerprint density at radius 1 is 0.889 bits per heavy atom. The quantitative estimate of drug-likeness (QED) is 0.211. The molecule has 0 atom stereocenters. The molecule has 0 amide bonds. The van der Waals surface area contributed by atoms with Crippen LogP contribution in [0.4, 0.5) is 25.8 Å². The van der Waals surface area contributed by atoms with Crippen molar-refractivity contribution in [3.05, 3.63) is 104 Å². The fourth-order valence-electron chi connectivity index (χ4n) is 5.62. The predicted octanol–water partition coefficient (Wildman–Crippen LogP) is 6.76. The number of pyridine rings is 1. The minimum absolute atomic E-state index is 0.0254. The van der Waals surface area contributed by atoms with E-state index < -0.39 is 22.8 Å². The highest BCUT2D eigenvalue weighted by atomic mass is 35.5. The van der Waals surface area contributed by atoms with E-state index >= 15 is 8.78 Å². The van der Waals surface area contributed by atoms with Gasteiger partial charge in [-0.15, -0.1) is 0 Å². The lowest BCUT2D eigenvalue weighted by Gasteiger charge is -2.37. The number of anilines is 2. The first kappa shape index (κ1) is 30.5. The maximum absolute atomic E-state index is 15.4. The maximum Gasteiger partial charge on any atom is 0.341 e. The van der Waals surface area contributed by atoms with Gasteiger partial charge >= 0.3 is 5.97 Å². The summed E-state index contributed by atoms with van der Waals surface area (Å²) in [6.45, 7) is 6.74. The molecule has 1 N–H and O–H groups in total. The van der Waals surface area contributed by atoms with Gasteiger partial charge in [-0.25, -0.2) is 18.6 Å². The Morgan fingerprint density at radius 2 is 1.53 bits per heavy atom. The number of hydrogen-bond donors (Lipinski definition) is 1. The molecule has 0 unspecified atom stereocenters. The van der Waals surface area contributed by atoms with Crippen LogP contribution >= 0.6 is 22.9 Å². The molecule has 8 nitrogen and oxygen atoms in total. The molecule has 6 rings (SSSR count). The van der Waals surface area contributed by atoms with Gasteiger partial charge in [0, 0.05) is 68.1 Å². The summed E-state index contributed by atoms with van der Waals surface area (Å²) >= 11 is 7.56. The van der Waals surface area contributed by atoms with Crippen molar-refractivity contribution in [3.63, 3.8) is 0 Å². The number of carboxylic acid groups (broad SMARTS) is 1. The van der Waals surface area contributed by atoms with Gasteiger partial charge in [-0.3, -0.25) is 4.79 Å². The molecule has 1 aliphatic rings. The zero-order chi connectivity index (χ0) is 31.8. The number of nitrogens with zero attached hydrogens (tertiary/aromatic N) is 5. The second-order valence-corrected chi connectivity index (χ2v) is 12.1. The largest absolute Gasteiger partial charge is 0.477 e. The maximum atomic E-state index is 15.4. The Labute approximate surface area is 266 Å². The summed E-state index contributed by atoms with van der Waals surface area (Å²) < 4.78 is 34.4. The van der Waals surface area contributed by atoms with Crippen molar-refractivity contribution < 1.29 is 18.7 Å². The molecule has 232 valence electrons. The van der Waals surface area contributed by atoms with Crippen LogP contribution in [0.15, 0.2) is 76.8 Å². The van der Waals surface area contributed by atoms with E-state index in [-0.39, 0.29) is 11.2 Å². The molecule has 0 spiro atoms. The summed E-state index contributed by atoms with van der Waals surface area (Å²) in [5.74, 6) is -2.34. The number of benzene rings is 3. The van der Waals surface area contributed by atoms with Crippen LogP contribution in [0.5, 0.6) is 0 Å². The molecule has 0 saturated carbocycles. The van der Waals surface area contributed by atoms with E-state index in [1.807, 2.05) is 58.7 Å². The molecule has 5 aromatic rings. The topological polar surface area (TPSA) is 83.1 Å². The Kier molecular flexibility index (Phi) is 8.48. The molecular formula is C33H30ClF2N5O3S. The Balaban J connectivity index is 1.21. The van der Waals surface area contributed by atoms with E-state index in [1.165, 1.54) is 23.6 Å². The number of halogens is 3. The average Bonchev–Trinajstić information content (AvgIpc) is 3.44. The lowest BCUT2D eigenvalue weighted by molar-refractivity contribution is 0.0695. The van der Waals surface area contributed by atoms with Crippen LogP contribution in [-0.4, -0.2) is 46.4 Å². The highest BCUT2D eigenvalue weighted by Crippen LogP contribution is 2.30. The number of fused-ring (bicyclic) bond motifs is 1. The van der Waals surface area contributed by atoms with Crippen molar-refractivity contribution in [2.75, 3.05) is 36.0 Å². The number of aromatic carboxylic acids is 1. The van der Waals surface area contributed by atoms with Gasteiger partial charge in [-0.05, 0) is 55.8 Å². The van der Waals surface area contributed by atoms with Crippen LogP contribution < -0.4 is 20.0 Å². The van der Waals surface area contributed by atoms with Crippen LogP contribution in [-0.2, 0) is 13.1 Å². The minimum atomic E-state index is -1.35. The number of carboxylic acids is 1. The highest BCUT2D eigenvalue weighted by molar-refractivity contribution is 7.12. The van der Waals surface area contributed by atoms with Crippen molar-refractivity contribution in [2.24, 2.45) is 4.99 Å². The standard InChI is InChI=1S/C33H30ClF2N5O3S/c1-3-38-18-24(32(43)44)31(42)23-16-26(36)29(17-28(23)38)41-13-11-40(12-14-41)27-10-9-22(15-25(27)35)37-33-39(4-2)19-30(45-33)20-5-7-21(34)8-6-20/h5-10,15-19H,3-4,11-14H2,1-2H3,(H,43,44). The minimum Gasteiger partial charge on any atom is -0.477 e. The summed E-state index contributed by atoms with van der Waals surface area (Å²) in [7, 11) is 0. The van der Waals surface area contributed by atoms with Gasteiger partial charge in [-0.1, -0.05) is 35.1 Å². The van der Waals surface area contributed by atoms with Gasteiger partial charge in [0.25, 0.3) is 0 Å². The first-order chi connectivity index (χ1) is 21.7. The SMILES string of the molecule is CCn1cc(-c2ccc(Cl)cc2)sc1=Nc1ccc(N2CCN(c3cc4c(cc3F)c(=O)c(C(=O)O)cn4CC)CC2)c(F)c1. The van der Waals surface area contributed by atoms with Crippen LogP contribution in [0.25, 0.3) is 21.3 Å². The van der Waals surface area contributed by atoms with Crippen LogP contribution in [0.1, 0.15) is 24.2 Å². The fraction of sp³-hybridized carbons (Fsp3) is 0.242. The third-order valence-corrected chi connectivity index (χ3v) is 9.35. The van der Waals surface area contributed by atoms with Gasteiger partial charge in [0.15, 0.2) is 4.80 Å². The summed E-state index contributed by atoms with van der Waals surface area (Å²) in [6, 6.07) is 15.3. The van der Waals surface area contributed by atoms with Crippen molar-refractivity contribution >= 4 is 56.9 Å². The van der Waals surface area contributed by atoms with E-state index in [2.05, 4.69) is 0 Å². The predicted molar refractivity (Wildman–Crippen MR) is 175 cm³/mol. The molecule has 0 radical (unpaired) electrons. The molecule has 1 fully saturated rings. The lowest BCUT2D eigenvalue weighted by atomic mass is 10.1.